The monoisotopic (exact) mass is 376 g/mol. The Kier molecular flexibility index (Phi) is 8.37. The molecule has 0 bridgehead atoms. The van der Waals surface area contributed by atoms with Gasteiger partial charge in [0.1, 0.15) is 25.1 Å². The average molecular weight is 376 g/mol. The van der Waals surface area contributed by atoms with E-state index in [1.54, 1.807) is 43.5 Å². The van der Waals surface area contributed by atoms with Gasteiger partial charge in [-0.2, -0.15) is 5.48 Å². The number of primary amides is 1. The van der Waals surface area contributed by atoms with Crippen LogP contribution in [0.3, 0.4) is 0 Å². The summed E-state index contributed by atoms with van der Waals surface area (Å²) in [6, 6.07) is 13.7. The molecule has 2 aromatic rings. The van der Waals surface area contributed by atoms with Gasteiger partial charge in [0, 0.05) is 5.56 Å². The molecule has 0 aliphatic carbocycles. The second-order valence-corrected chi connectivity index (χ2v) is 5.56. The molecule has 0 aliphatic rings. The van der Waals surface area contributed by atoms with Gasteiger partial charge < -0.3 is 25.1 Å². The maximum atomic E-state index is 11.0. The Morgan fingerprint density at radius 1 is 1.07 bits per heavy atom. The molecule has 8 heteroatoms. The van der Waals surface area contributed by atoms with Crippen molar-refractivity contribution in [2.75, 3.05) is 33.5 Å². The fourth-order valence-electron chi connectivity index (χ4n) is 2.13. The number of methoxy groups -OCH3 is 1. The lowest BCUT2D eigenvalue weighted by atomic mass is 10.2. The molecular weight excluding hydrogens is 352 g/mol. The van der Waals surface area contributed by atoms with Gasteiger partial charge in [-0.05, 0) is 36.4 Å². The molecule has 0 heterocycles. The van der Waals surface area contributed by atoms with E-state index in [1.165, 1.54) is 0 Å². The quantitative estimate of drug-likeness (QED) is 0.376. The Morgan fingerprint density at radius 3 is 2.44 bits per heavy atom. The number of ether oxygens (including phenoxy) is 3. The third kappa shape index (κ3) is 7.14. The minimum atomic E-state index is -0.801. The van der Waals surface area contributed by atoms with E-state index in [9.17, 15) is 9.90 Å². The van der Waals surface area contributed by atoms with E-state index >= 15 is 0 Å². The minimum absolute atomic E-state index is 0.0580. The molecule has 0 aliphatic heterocycles. The Labute approximate surface area is 157 Å². The first-order chi connectivity index (χ1) is 13.1. The first kappa shape index (κ1) is 20.5. The van der Waals surface area contributed by atoms with Crippen LogP contribution in [0, 0.1) is 0 Å². The van der Waals surface area contributed by atoms with Crippen LogP contribution in [0.5, 0.6) is 17.2 Å². The van der Waals surface area contributed by atoms with Crippen LogP contribution >= 0.6 is 0 Å². The maximum Gasteiger partial charge on any atom is 0.248 e. The van der Waals surface area contributed by atoms with Crippen LogP contribution in [0.25, 0.3) is 0 Å². The number of hydrogen-bond acceptors (Lipinski definition) is 7. The molecule has 2 rings (SSSR count). The van der Waals surface area contributed by atoms with Crippen LogP contribution in [-0.4, -0.2) is 50.6 Å². The highest BCUT2D eigenvalue weighted by Gasteiger charge is 2.08. The highest BCUT2D eigenvalue weighted by molar-refractivity contribution is 5.92. The molecule has 146 valence electrons. The third-order valence-corrected chi connectivity index (χ3v) is 3.49. The van der Waals surface area contributed by atoms with E-state index < -0.39 is 12.0 Å². The lowest BCUT2D eigenvalue weighted by Crippen LogP contribution is -2.29. The van der Waals surface area contributed by atoms with Gasteiger partial charge in [0.15, 0.2) is 11.5 Å². The van der Waals surface area contributed by atoms with E-state index in [2.05, 4.69) is 5.48 Å². The Morgan fingerprint density at radius 2 is 1.78 bits per heavy atom. The van der Waals surface area contributed by atoms with Gasteiger partial charge in [-0.1, -0.05) is 12.1 Å². The molecule has 1 amide bonds. The highest BCUT2D eigenvalue weighted by atomic mass is 16.7. The molecule has 2 aromatic carbocycles. The van der Waals surface area contributed by atoms with E-state index in [0.29, 0.717) is 36.0 Å². The van der Waals surface area contributed by atoms with Crippen molar-refractivity contribution in [3.63, 3.8) is 0 Å². The molecule has 0 aromatic heterocycles. The van der Waals surface area contributed by atoms with E-state index in [1.807, 2.05) is 12.1 Å². The van der Waals surface area contributed by atoms with Gasteiger partial charge in [-0.25, -0.2) is 0 Å². The molecule has 0 saturated carbocycles. The van der Waals surface area contributed by atoms with Crippen LogP contribution in [-0.2, 0) is 4.84 Å². The molecule has 0 radical (unpaired) electrons. The predicted octanol–water partition coefficient (Wildman–Crippen LogP) is 1.13. The first-order valence-electron chi connectivity index (χ1n) is 8.41. The van der Waals surface area contributed by atoms with Crippen LogP contribution in [0.1, 0.15) is 10.4 Å². The number of carbonyl (C=O) groups is 1. The Bertz CT molecular complexity index is 708. The summed E-state index contributed by atoms with van der Waals surface area (Å²) in [5.41, 5.74) is 8.29. The molecule has 4 N–H and O–H groups in total. The van der Waals surface area contributed by atoms with Crippen LogP contribution in [0.15, 0.2) is 48.5 Å². The minimum Gasteiger partial charge on any atom is -0.493 e. The number of rotatable bonds is 12. The number of hydroxylamine groups is 1. The van der Waals surface area contributed by atoms with Gasteiger partial charge in [-0.15, -0.1) is 0 Å². The van der Waals surface area contributed by atoms with Crippen molar-refractivity contribution in [3.05, 3.63) is 54.1 Å². The van der Waals surface area contributed by atoms with Crippen LogP contribution in [0.4, 0.5) is 0 Å². The van der Waals surface area contributed by atoms with Crippen molar-refractivity contribution in [2.45, 2.75) is 6.10 Å². The largest absolute Gasteiger partial charge is 0.493 e. The maximum absolute atomic E-state index is 11.0. The molecule has 0 fully saturated rings. The Balaban J connectivity index is 1.56. The molecule has 1 unspecified atom stereocenters. The third-order valence-electron chi connectivity index (χ3n) is 3.49. The fraction of sp³-hybridized carbons (Fsp3) is 0.316. The van der Waals surface area contributed by atoms with Crippen molar-refractivity contribution in [2.24, 2.45) is 5.73 Å². The fourth-order valence-corrected chi connectivity index (χ4v) is 2.13. The molecule has 8 nitrogen and oxygen atoms in total. The number of aliphatic hydroxyl groups excluding tert-OH is 1. The number of para-hydroxylation sites is 2. The second-order valence-electron chi connectivity index (χ2n) is 5.56. The van der Waals surface area contributed by atoms with E-state index in [0.717, 1.165) is 0 Å². The van der Waals surface area contributed by atoms with E-state index in [4.69, 9.17) is 24.8 Å². The molecule has 27 heavy (non-hydrogen) atoms. The van der Waals surface area contributed by atoms with Crippen molar-refractivity contribution < 1.29 is 28.9 Å². The zero-order chi connectivity index (χ0) is 19.5. The lowest BCUT2D eigenvalue weighted by molar-refractivity contribution is -0.0360. The highest BCUT2D eigenvalue weighted by Crippen LogP contribution is 2.25. The molecule has 0 spiro atoms. The molecular formula is C19H24N2O6. The van der Waals surface area contributed by atoms with Crippen molar-refractivity contribution in [3.8, 4) is 17.2 Å². The topological polar surface area (TPSA) is 112 Å². The van der Waals surface area contributed by atoms with Crippen molar-refractivity contribution in [1.82, 2.24) is 5.48 Å². The Hall–Kier alpha value is -2.81. The number of amides is 1. The van der Waals surface area contributed by atoms with Crippen molar-refractivity contribution in [1.29, 1.82) is 0 Å². The second kappa shape index (κ2) is 11.0. The van der Waals surface area contributed by atoms with E-state index in [-0.39, 0.29) is 13.2 Å². The van der Waals surface area contributed by atoms with Crippen molar-refractivity contribution >= 4 is 5.91 Å². The summed E-state index contributed by atoms with van der Waals surface area (Å²) >= 11 is 0. The number of nitrogens with one attached hydrogen (secondary N) is 1. The smallest absolute Gasteiger partial charge is 0.248 e. The number of hydrogen-bond donors (Lipinski definition) is 3. The number of nitrogens with two attached hydrogens (primary N) is 1. The predicted molar refractivity (Wildman–Crippen MR) is 98.9 cm³/mol. The van der Waals surface area contributed by atoms with Crippen LogP contribution < -0.4 is 25.4 Å². The normalized spacial score (nSPS) is 11.6. The van der Waals surface area contributed by atoms with Gasteiger partial charge in [0.25, 0.3) is 0 Å². The zero-order valence-corrected chi connectivity index (χ0v) is 15.1. The average Bonchev–Trinajstić information content (AvgIpc) is 2.69. The summed E-state index contributed by atoms with van der Waals surface area (Å²) in [7, 11) is 1.56. The number of carbonyl (C=O) groups excluding carboxylic acids is 1. The number of benzene rings is 2. The number of aliphatic hydroxyl groups is 1. The standard InChI is InChI=1S/C19H24N2O6/c1-24-17-4-2-3-5-18(17)26-12-15(22)13-27-21-10-11-25-16-8-6-14(7-9-16)19(20)23/h2-9,15,21-22H,10-13H2,1H3,(H2,20,23). The zero-order valence-electron chi connectivity index (χ0n) is 15.1. The molecule has 1 atom stereocenters. The summed E-state index contributed by atoms with van der Waals surface area (Å²) in [5, 5.41) is 9.88. The van der Waals surface area contributed by atoms with Gasteiger partial charge in [0.2, 0.25) is 5.91 Å². The van der Waals surface area contributed by atoms with Gasteiger partial charge in [0.05, 0.1) is 20.3 Å². The van der Waals surface area contributed by atoms with Gasteiger partial charge >= 0.3 is 0 Å². The summed E-state index contributed by atoms with van der Waals surface area (Å²) in [4.78, 5) is 16.2. The molecule has 0 saturated heterocycles. The summed E-state index contributed by atoms with van der Waals surface area (Å²) in [5.74, 6) is 1.30. The SMILES string of the molecule is COc1ccccc1OCC(O)CONCCOc1ccc(C(N)=O)cc1. The first-order valence-corrected chi connectivity index (χ1v) is 8.41. The summed E-state index contributed by atoms with van der Waals surface area (Å²) in [6.45, 7) is 0.897. The summed E-state index contributed by atoms with van der Waals surface area (Å²) < 4.78 is 16.2. The lowest BCUT2D eigenvalue weighted by Gasteiger charge is -2.14. The van der Waals surface area contributed by atoms with Gasteiger partial charge in [-0.3, -0.25) is 9.63 Å². The van der Waals surface area contributed by atoms with Crippen LogP contribution in [0.2, 0.25) is 0 Å². The summed E-state index contributed by atoms with van der Waals surface area (Å²) in [6.07, 6.45) is -0.801.